The molecule has 0 amide bonds. The van der Waals surface area contributed by atoms with E-state index >= 15 is 0 Å². The second-order valence-corrected chi connectivity index (χ2v) is 7.46. The molecule has 0 aromatic heterocycles. The van der Waals surface area contributed by atoms with Gasteiger partial charge in [0.1, 0.15) is 0 Å². The lowest BCUT2D eigenvalue weighted by molar-refractivity contribution is 0.0169. The quantitative estimate of drug-likeness (QED) is 0.253. The first-order chi connectivity index (χ1) is 12.2. The highest BCUT2D eigenvalue weighted by Gasteiger charge is 2.34. The molecule has 2 rings (SSSR count). The number of ether oxygens (including phenoxy) is 2. The fraction of sp³-hybridized carbons (Fsp3) is 0.947. The molecule has 1 aliphatic heterocycles. The lowest BCUT2D eigenvalue weighted by Crippen LogP contribution is -2.45. The average Bonchev–Trinajstić information content (AvgIpc) is 3.30. The summed E-state index contributed by atoms with van der Waals surface area (Å²) in [5.41, 5.74) is 0.0318. The van der Waals surface area contributed by atoms with Crippen molar-refractivity contribution in [2.24, 2.45) is 16.3 Å². The Labute approximate surface area is 175 Å². The lowest BCUT2D eigenvalue weighted by atomic mass is 9.84. The Morgan fingerprint density at radius 1 is 1.35 bits per heavy atom. The smallest absolute Gasteiger partial charge is 0.190 e. The van der Waals surface area contributed by atoms with Crippen molar-refractivity contribution in [1.29, 1.82) is 0 Å². The van der Waals surface area contributed by atoms with Gasteiger partial charge in [-0.3, -0.25) is 4.99 Å². The van der Waals surface area contributed by atoms with Gasteiger partial charge in [0, 0.05) is 45.4 Å². The van der Waals surface area contributed by atoms with Gasteiger partial charge in [-0.15, -0.1) is 24.0 Å². The zero-order valence-corrected chi connectivity index (χ0v) is 18.8. The molecular weight excluding hydrogens is 445 g/mol. The minimum atomic E-state index is 0. The summed E-state index contributed by atoms with van der Waals surface area (Å²) in [5, 5.41) is 16.2. The molecule has 3 N–H and O–H groups in total. The van der Waals surface area contributed by atoms with Gasteiger partial charge in [0.2, 0.25) is 0 Å². The van der Waals surface area contributed by atoms with Crippen LogP contribution in [0.3, 0.4) is 0 Å². The van der Waals surface area contributed by atoms with Gasteiger partial charge in [-0.05, 0) is 44.9 Å². The number of rotatable bonds is 10. The average molecular weight is 483 g/mol. The monoisotopic (exact) mass is 483 g/mol. The lowest BCUT2D eigenvalue weighted by Gasteiger charge is -2.28. The number of aliphatic hydroxyl groups is 1. The van der Waals surface area contributed by atoms with Crippen LogP contribution in [0.2, 0.25) is 0 Å². The number of guanidine groups is 1. The zero-order chi connectivity index (χ0) is 18.0. The highest BCUT2D eigenvalue weighted by molar-refractivity contribution is 14.0. The van der Waals surface area contributed by atoms with Gasteiger partial charge in [-0.2, -0.15) is 0 Å². The molecule has 7 heteroatoms. The van der Waals surface area contributed by atoms with Crippen molar-refractivity contribution in [3.63, 3.8) is 0 Å². The summed E-state index contributed by atoms with van der Waals surface area (Å²) < 4.78 is 11.5. The second-order valence-electron chi connectivity index (χ2n) is 7.46. The van der Waals surface area contributed by atoms with Gasteiger partial charge in [0.15, 0.2) is 5.96 Å². The number of aliphatic imine (C=N–C) groups is 1. The van der Waals surface area contributed by atoms with Crippen LogP contribution in [0.15, 0.2) is 4.99 Å². The van der Waals surface area contributed by atoms with Gasteiger partial charge in [0.05, 0.1) is 12.7 Å². The molecule has 2 atom stereocenters. The van der Waals surface area contributed by atoms with Gasteiger partial charge < -0.3 is 25.2 Å². The van der Waals surface area contributed by atoms with E-state index in [0.717, 1.165) is 57.4 Å². The maximum absolute atomic E-state index is 9.33. The van der Waals surface area contributed by atoms with E-state index in [1.165, 1.54) is 25.7 Å². The van der Waals surface area contributed by atoms with Gasteiger partial charge >= 0.3 is 0 Å². The van der Waals surface area contributed by atoms with Crippen LogP contribution in [-0.2, 0) is 9.47 Å². The Kier molecular flexibility index (Phi) is 12.1. The summed E-state index contributed by atoms with van der Waals surface area (Å²) in [6.07, 6.45) is 8.45. The molecule has 1 saturated carbocycles. The number of hydrogen-bond acceptors (Lipinski definition) is 4. The molecule has 0 spiro atoms. The number of halogens is 1. The largest absolute Gasteiger partial charge is 0.396 e. The van der Waals surface area contributed by atoms with E-state index in [4.69, 9.17) is 9.47 Å². The summed E-state index contributed by atoms with van der Waals surface area (Å²) in [6, 6.07) is 0. The van der Waals surface area contributed by atoms with E-state index in [0.29, 0.717) is 12.7 Å². The fourth-order valence-corrected chi connectivity index (χ4v) is 4.13. The molecule has 0 bridgehead atoms. The number of nitrogens with one attached hydrogen (secondary N) is 2. The SMILES string of the molecule is CCOC(CCNC(=NC)NCC1(CCO)CCOC1)C1CCCC1.I. The van der Waals surface area contributed by atoms with E-state index in [1.807, 2.05) is 0 Å². The van der Waals surface area contributed by atoms with Crippen LogP contribution < -0.4 is 10.6 Å². The van der Waals surface area contributed by atoms with Gasteiger partial charge in [0.25, 0.3) is 0 Å². The normalized spacial score (nSPS) is 25.1. The number of aliphatic hydroxyl groups excluding tert-OH is 1. The fourth-order valence-electron chi connectivity index (χ4n) is 4.13. The molecule has 1 saturated heterocycles. The van der Waals surface area contributed by atoms with E-state index in [9.17, 15) is 5.11 Å². The number of nitrogens with zero attached hydrogens (tertiary/aromatic N) is 1. The maximum Gasteiger partial charge on any atom is 0.190 e. The minimum Gasteiger partial charge on any atom is -0.396 e. The van der Waals surface area contributed by atoms with Crippen LogP contribution in [-0.4, -0.2) is 63.7 Å². The predicted octanol–water partition coefficient (Wildman–Crippen LogP) is 2.54. The van der Waals surface area contributed by atoms with E-state index in [-0.39, 0.29) is 36.0 Å². The zero-order valence-electron chi connectivity index (χ0n) is 16.5. The third-order valence-corrected chi connectivity index (χ3v) is 5.71. The van der Waals surface area contributed by atoms with Crippen molar-refractivity contribution < 1.29 is 14.6 Å². The second kappa shape index (κ2) is 13.1. The molecule has 2 fully saturated rings. The number of hydrogen-bond donors (Lipinski definition) is 3. The molecule has 1 aliphatic carbocycles. The van der Waals surface area contributed by atoms with Gasteiger partial charge in [-0.25, -0.2) is 0 Å². The van der Waals surface area contributed by atoms with Crippen molar-refractivity contribution in [2.75, 3.05) is 46.6 Å². The van der Waals surface area contributed by atoms with Crippen molar-refractivity contribution in [1.82, 2.24) is 10.6 Å². The van der Waals surface area contributed by atoms with Crippen LogP contribution in [0.1, 0.15) is 51.9 Å². The Balaban J connectivity index is 0.00000338. The van der Waals surface area contributed by atoms with Gasteiger partial charge in [-0.1, -0.05) is 12.8 Å². The molecule has 1 heterocycles. The molecule has 0 aromatic rings. The third kappa shape index (κ3) is 7.48. The molecule has 26 heavy (non-hydrogen) atoms. The van der Waals surface area contributed by atoms with Crippen LogP contribution in [0.25, 0.3) is 0 Å². The standard InChI is InChI=1S/C19H37N3O3.HI/c1-3-25-17(16-6-4-5-7-16)8-11-21-18(20-2)22-14-19(9-12-23)10-13-24-15-19;/h16-17,23H,3-15H2,1-2H3,(H2,20,21,22);1H. The summed E-state index contributed by atoms with van der Waals surface area (Å²) in [7, 11) is 1.80. The Hall–Kier alpha value is -0.120. The van der Waals surface area contributed by atoms with Crippen LogP contribution >= 0.6 is 24.0 Å². The van der Waals surface area contributed by atoms with Crippen LogP contribution in [0, 0.1) is 11.3 Å². The predicted molar refractivity (Wildman–Crippen MR) is 116 cm³/mol. The summed E-state index contributed by atoms with van der Waals surface area (Å²) in [5.74, 6) is 1.55. The van der Waals surface area contributed by atoms with E-state index in [1.54, 1.807) is 7.05 Å². The molecule has 2 aliphatic rings. The third-order valence-electron chi connectivity index (χ3n) is 5.71. The minimum absolute atomic E-state index is 0. The Morgan fingerprint density at radius 3 is 2.69 bits per heavy atom. The summed E-state index contributed by atoms with van der Waals surface area (Å²) >= 11 is 0. The molecular formula is C19H38IN3O3. The van der Waals surface area contributed by atoms with Crippen LogP contribution in [0.4, 0.5) is 0 Å². The molecule has 6 nitrogen and oxygen atoms in total. The molecule has 154 valence electrons. The highest BCUT2D eigenvalue weighted by atomic mass is 127. The summed E-state index contributed by atoms with van der Waals surface area (Å²) in [4.78, 5) is 4.33. The van der Waals surface area contributed by atoms with Crippen molar-refractivity contribution in [2.45, 2.75) is 58.0 Å². The maximum atomic E-state index is 9.33. The Bertz CT molecular complexity index is 397. The van der Waals surface area contributed by atoms with E-state index < -0.39 is 0 Å². The molecule has 0 radical (unpaired) electrons. The van der Waals surface area contributed by atoms with Crippen molar-refractivity contribution >= 4 is 29.9 Å². The first kappa shape index (κ1) is 23.9. The Morgan fingerprint density at radius 2 is 2.12 bits per heavy atom. The summed E-state index contributed by atoms with van der Waals surface area (Å²) in [6.45, 7) is 6.22. The molecule has 0 aromatic carbocycles. The molecule has 2 unspecified atom stereocenters. The first-order valence-electron chi connectivity index (χ1n) is 9.98. The highest BCUT2D eigenvalue weighted by Crippen LogP contribution is 2.31. The first-order valence-corrected chi connectivity index (χ1v) is 9.98. The van der Waals surface area contributed by atoms with Crippen molar-refractivity contribution in [3.05, 3.63) is 0 Å². The topological polar surface area (TPSA) is 75.1 Å². The van der Waals surface area contributed by atoms with Crippen LogP contribution in [0.5, 0.6) is 0 Å². The van der Waals surface area contributed by atoms with E-state index in [2.05, 4.69) is 22.5 Å². The van der Waals surface area contributed by atoms with Crippen molar-refractivity contribution in [3.8, 4) is 0 Å².